The number of aromatic amines is 1. The highest BCUT2D eigenvalue weighted by molar-refractivity contribution is 5.80. The topological polar surface area (TPSA) is 85.2 Å². The molecule has 2 aromatic carbocycles. The van der Waals surface area contributed by atoms with E-state index in [4.69, 9.17) is 10.1 Å². The lowest BCUT2D eigenvalue weighted by molar-refractivity contribution is 0.351. The van der Waals surface area contributed by atoms with Crippen LogP contribution in [-0.2, 0) is 13.0 Å². The van der Waals surface area contributed by atoms with Gasteiger partial charge in [0.1, 0.15) is 5.82 Å². The molecular formula is C27H33N7. The average molecular weight is 456 g/mol. The van der Waals surface area contributed by atoms with Crippen molar-refractivity contribution in [3.63, 3.8) is 0 Å². The summed E-state index contributed by atoms with van der Waals surface area (Å²) in [7, 11) is 0. The summed E-state index contributed by atoms with van der Waals surface area (Å²) in [5, 5.41) is 19.5. The summed E-state index contributed by atoms with van der Waals surface area (Å²) in [6.45, 7) is 5.22. The molecule has 1 saturated carbocycles. The van der Waals surface area contributed by atoms with Crippen LogP contribution in [-0.4, -0.2) is 35.4 Å². The molecule has 1 N–H and O–H groups in total. The zero-order chi connectivity index (χ0) is 23.3. The van der Waals surface area contributed by atoms with Gasteiger partial charge in [-0.25, -0.2) is 9.67 Å². The molecule has 2 aromatic heterocycles. The minimum atomic E-state index is 0.397. The van der Waals surface area contributed by atoms with E-state index in [-0.39, 0.29) is 0 Å². The van der Waals surface area contributed by atoms with Gasteiger partial charge in [0.25, 0.3) is 0 Å². The molecule has 34 heavy (non-hydrogen) atoms. The summed E-state index contributed by atoms with van der Waals surface area (Å²) in [4.78, 5) is 5.01. The molecule has 0 spiro atoms. The third kappa shape index (κ3) is 4.93. The van der Waals surface area contributed by atoms with Gasteiger partial charge in [-0.2, -0.15) is 10.3 Å². The van der Waals surface area contributed by atoms with E-state index < -0.39 is 0 Å². The van der Waals surface area contributed by atoms with Gasteiger partial charge in [0.05, 0.1) is 6.54 Å². The standard InChI is InChI=1S/C27H33N7/c1-3-19(2)27-28-25(17-20-9-5-4-6-10-20)31-34(27)18-21-13-15-22(16-14-21)23-11-7-8-12-24(23)26-29-32-33-30-26/h7-8,11-16,19-20H,3-6,9-10,17-18H2,1-2H3,(H,29,30,32,33). The van der Waals surface area contributed by atoms with Gasteiger partial charge < -0.3 is 0 Å². The highest BCUT2D eigenvalue weighted by Crippen LogP contribution is 2.30. The fourth-order valence-corrected chi connectivity index (χ4v) is 4.97. The Hall–Kier alpha value is -3.35. The Morgan fingerprint density at radius 3 is 2.47 bits per heavy atom. The molecule has 1 unspecified atom stereocenters. The minimum Gasteiger partial charge on any atom is -0.245 e. The molecule has 7 nitrogen and oxygen atoms in total. The van der Waals surface area contributed by atoms with Crippen molar-refractivity contribution in [1.82, 2.24) is 35.4 Å². The molecule has 1 aliphatic carbocycles. The number of hydrogen-bond donors (Lipinski definition) is 1. The van der Waals surface area contributed by atoms with Gasteiger partial charge in [-0.05, 0) is 34.2 Å². The highest BCUT2D eigenvalue weighted by atomic mass is 15.5. The van der Waals surface area contributed by atoms with Gasteiger partial charge in [-0.15, -0.1) is 10.2 Å². The molecule has 2 heterocycles. The van der Waals surface area contributed by atoms with Gasteiger partial charge in [0.2, 0.25) is 5.82 Å². The minimum absolute atomic E-state index is 0.397. The third-order valence-electron chi connectivity index (χ3n) is 7.10. The van der Waals surface area contributed by atoms with E-state index in [0.29, 0.717) is 11.7 Å². The van der Waals surface area contributed by atoms with Crippen molar-refractivity contribution in [3.8, 4) is 22.5 Å². The van der Waals surface area contributed by atoms with Crippen LogP contribution in [0.3, 0.4) is 0 Å². The lowest BCUT2D eigenvalue weighted by Crippen LogP contribution is -2.11. The maximum atomic E-state index is 5.01. The van der Waals surface area contributed by atoms with E-state index in [9.17, 15) is 0 Å². The zero-order valence-corrected chi connectivity index (χ0v) is 20.1. The molecule has 1 fully saturated rings. The monoisotopic (exact) mass is 455 g/mol. The van der Waals surface area contributed by atoms with Crippen molar-refractivity contribution in [2.24, 2.45) is 5.92 Å². The highest BCUT2D eigenvalue weighted by Gasteiger charge is 2.20. The summed E-state index contributed by atoms with van der Waals surface area (Å²) in [6.07, 6.45) is 8.80. The second-order valence-corrected chi connectivity index (χ2v) is 9.54. The van der Waals surface area contributed by atoms with E-state index >= 15 is 0 Å². The smallest absolute Gasteiger partial charge is 0.205 e. The molecule has 176 valence electrons. The maximum Gasteiger partial charge on any atom is 0.205 e. The fourth-order valence-electron chi connectivity index (χ4n) is 4.97. The summed E-state index contributed by atoms with van der Waals surface area (Å²) in [6, 6.07) is 16.8. The van der Waals surface area contributed by atoms with E-state index in [1.165, 1.54) is 37.7 Å². The average Bonchev–Trinajstić information content (AvgIpc) is 3.55. The molecule has 4 aromatic rings. The Balaban J connectivity index is 1.37. The van der Waals surface area contributed by atoms with Crippen LogP contribution in [0.5, 0.6) is 0 Å². The van der Waals surface area contributed by atoms with Gasteiger partial charge >= 0.3 is 0 Å². The van der Waals surface area contributed by atoms with Crippen molar-refractivity contribution in [3.05, 3.63) is 65.7 Å². The van der Waals surface area contributed by atoms with E-state index in [0.717, 1.165) is 53.6 Å². The molecule has 7 heteroatoms. The Labute approximate surface area is 201 Å². The Morgan fingerprint density at radius 2 is 1.76 bits per heavy atom. The first-order valence-electron chi connectivity index (χ1n) is 12.6. The third-order valence-corrected chi connectivity index (χ3v) is 7.10. The van der Waals surface area contributed by atoms with Crippen molar-refractivity contribution in [2.75, 3.05) is 0 Å². The number of H-pyrrole nitrogens is 1. The summed E-state index contributed by atoms with van der Waals surface area (Å²) in [5.74, 6) is 3.88. The first-order valence-corrected chi connectivity index (χ1v) is 12.6. The molecular weight excluding hydrogens is 422 g/mol. The molecule has 0 amide bonds. The summed E-state index contributed by atoms with van der Waals surface area (Å²) >= 11 is 0. The van der Waals surface area contributed by atoms with Gasteiger partial charge in [-0.1, -0.05) is 94.5 Å². The van der Waals surface area contributed by atoms with Crippen molar-refractivity contribution >= 4 is 0 Å². The predicted octanol–water partition coefficient (Wildman–Crippen LogP) is 5.81. The lowest BCUT2D eigenvalue weighted by Gasteiger charge is -2.19. The largest absolute Gasteiger partial charge is 0.245 e. The van der Waals surface area contributed by atoms with E-state index in [1.54, 1.807) is 0 Å². The van der Waals surface area contributed by atoms with Crippen LogP contribution in [0.15, 0.2) is 48.5 Å². The van der Waals surface area contributed by atoms with E-state index in [2.05, 4.69) is 69.5 Å². The summed E-state index contributed by atoms with van der Waals surface area (Å²) < 4.78 is 2.13. The number of aromatic nitrogens is 7. The fraction of sp³-hybridized carbons (Fsp3) is 0.444. The van der Waals surface area contributed by atoms with Gasteiger partial charge in [0, 0.05) is 17.9 Å². The van der Waals surface area contributed by atoms with Crippen molar-refractivity contribution < 1.29 is 0 Å². The van der Waals surface area contributed by atoms with Gasteiger partial charge in [0.15, 0.2) is 5.82 Å². The number of nitrogens with one attached hydrogen (secondary N) is 1. The second-order valence-electron chi connectivity index (χ2n) is 9.54. The van der Waals surface area contributed by atoms with Crippen LogP contribution in [0.2, 0.25) is 0 Å². The van der Waals surface area contributed by atoms with Crippen LogP contribution >= 0.6 is 0 Å². The van der Waals surface area contributed by atoms with Crippen LogP contribution in [0, 0.1) is 5.92 Å². The number of tetrazole rings is 1. The number of rotatable bonds is 8. The van der Waals surface area contributed by atoms with Gasteiger partial charge in [-0.3, -0.25) is 0 Å². The first-order chi connectivity index (χ1) is 16.7. The molecule has 5 rings (SSSR count). The van der Waals surface area contributed by atoms with Crippen molar-refractivity contribution in [2.45, 2.75) is 71.3 Å². The molecule has 0 radical (unpaired) electrons. The molecule has 0 bridgehead atoms. The molecule has 0 saturated heterocycles. The molecule has 0 aliphatic heterocycles. The van der Waals surface area contributed by atoms with Crippen LogP contribution in [0.1, 0.15) is 75.5 Å². The van der Waals surface area contributed by atoms with Crippen molar-refractivity contribution in [1.29, 1.82) is 0 Å². The number of nitrogens with zero attached hydrogens (tertiary/aromatic N) is 6. The second kappa shape index (κ2) is 10.3. The molecule has 1 atom stereocenters. The van der Waals surface area contributed by atoms with Crippen LogP contribution in [0.4, 0.5) is 0 Å². The Morgan fingerprint density at radius 1 is 1.00 bits per heavy atom. The zero-order valence-electron chi connectivity index (χ0n) is 20.1. The van der Waals surface area contributed by atoms with E-state index in [1.807, 2.05) is 18.2 Å². The van der Waals surface area contributed by atoms with Crippen LogP contribution < -0.4 is 0 Å². The summed E-state index contributed by atoms with van der Waals surface area (Å²) in [5.41, 5.74) is 4.40. The number of benzene rings is 2. The SMILES string of the molecule is CCC(C)c1nc(CC2CCCCC2)nn1Cc1ccc(-c2ccccc2-c2nn[nH]n2)cc1. The lowest BCUT2D eigenvalue weighted by atomic mass is 9.87. The maximum absolute atomic E-state index is 5.01. The normalized spacial score (nSPS) is 15.5. The molecule has 1 aliphatic rings. The van der Waals surface area contributed by atoms with Crippen LogP contribution in [0.25, 0.3) is 22.5 Å². The Kier molecular flexibility index (Phi) is 6.79. The number of hydrogen-bond acceptors (Lipinski definition) is 5. The first kappa shape index (κ1) is 22.4. The Bertz CT molecular complexity index is 1190. The predicted molar refractivity (Wildman–Crippen MR) is 133 cm³/mol. The quantitative estimate of drug-likeness (QED) is 0.362.